The monoisotopic (exact) mass is 420 g/mol. The van der Waals surface area contributed by atoms with Crippen molar-refractivity contribution in [3.63, 3.8) is 0 Å². The summed E-state index contributed by atoms with van der Waals surface area (Å²) in [5.74, 6) is -0.770. The molecule has 0 aliphatic carbocycles. The second-order valence-electron chi connectivity index (χ2n) is 4.87. The van der Waals surface area contributed by atoms with Crippen molar-refractivity contribution in [3.8, 4) is 5.75 Å². The number of halogens is 2. The number of ether oxygens (including phenoxy) is 1. The summed E-state index contributed by atoms with van der Waals surface area (Å²) >= 11 is 13.4. The Morgan fingerprint density at radius 3 is 2.48 bits per heavy atom. The minimum atomic E-state index is -3.35. The highest BCUT2D eigenvalue weighted by molar-refractivity contribution is 7.99. The van der Waals surface area contributed by atoms with Crippen LogP contribution in [0, 0.1) is 0 Å². The third kappa shape index (κ3) is 5.28. The van der Waals surface area contributed by atoms with Crippen molar-refractivity contribution in [2.24, 2.45) is 0 Å². The first-order chi connectivity index (χ1) is 11.7. The van der Waals surface area contributed by atoms with Gasteiger partial charge in [-0.1, -0.05) is 41.9 Å². The quantitative estimate of drug-likeness (QED) is 0.714. The first-order valence-corrected chi connectivity index (χ1v) is 10.3. The van der Waals surface area contributed by atoms with E-state index in [-0.39, 0.29) is 15.7 Å². The van der Waals surface area contributed by atoms with Gasteiger partial charge in [0.05, 0.1) is 20.6 Å². The normalized spacial score (nSPS) is 11.3. The van der Waals surface area contributed by atoms with Gasteiger partial charge in [-0.2, -0.15) is 0 Å². The van der Waals surface area contributed by atoms with Crippen LogP contribution in [0.25, 0.3) is 0 Å². The van der Waals surface area contributed by atoms with E-state index in [1.54, 1.807) is 31.2 Å². The number of rotatable bonds is 7. The third-order valence-electron chi connectivity index (χ3n) is 3.12. The largest absolute Gasteiger partial charge is 0.481 e. The first-order valence-electron chi connectivity index (χ1n) is 7.07. The standard InChI is InChI=1S/C16H14Cl2O5S2/c1-2-25(21,22)11-4-6-14(12(18)8-11)24-15-7-10(17)3-5-13(15)23-9-16(19)20/h3-8H,2,9H2,1H3,(H,19,20). The van der Waals surface area contributed by atoms with Crippen LogP contribution in [0.5, 0.6) is 5.75 Å². The molecule has 25 heavy (non-hydrogen) atoms. The van der Waals surface area contributed by atoms with Crippen molar-refractivity contribution in [3.05, 3.63) is 46.4 Å². The molecule has 0 heterocycles. The van der Waals surface area contributed by atoms with Crippen molar-refractivity contribution in [1.29, 1.82) is 0 Å². The van der Waals surface area contributed by atoms with Crippen LogP contribution in [-0.2, 0) is 14.6 Å². The molecule has 0 radical (unpaired) electrons. The summed E-state index contributed by atoms with van der Waals surface area (Å²) in [5, 5.41) is 9.47. The summed E-state index contributed by atoms with van der Waals surface area (Å²) in [6, 6.07) is 9.24. The Bertz CT molecular complexity index is 897. The highest BCUT2D eigenvalue weighted by Gasteiger charge is 2.15. The zero-order chi connectivity index (χ0) is 18.6. The fourth-order valence-electron chi connectivity index (χ4n) is 1.86. The van der Waals surface area contributed by atoms with E-state index in [2.05, 4.69) is 0 Å². The summed E-state index contributed by atoms with van der Waals surface area (Å²) < 4.78 is 29.1. The number of aliphatic carboxylic acids is 1. The van der Waals surface area contributed by atoms with Crippen LogP contribution in [0.15, 0.2) is 51.1 Å². The molecule has 0 unspecified atom stereocenters. The van der Waals surface area contributed by atoms with Gasteiger partial charge < -0.3 is 9.84 Å². The number of benzene rings is 2. The molecule has 0 aliphatic rings. The summed E-state index contributed by atoms with van der Waals surface area (Å²) in [6.07, 6.45) is 0. The van der Waals surface area contributed by atoms with E-state index in [9.17, 15) is 13.2 Å². The molecule has 0 aromatic heterocycles. The molecule has 0 aliphatic heterocycles. The lowest BCUT2D eigenvalue weighted by molar-refractivity contribution is -0.139. The van der Waals surface area contributed by atoms with Gasteiger partial charge in [-0.15, -0.1) is 0 Å². The Kier molecular flexibility index (Phi) is 6.62. The molecule has 0 fully saturated rings. The van der Waals surface area contributed by atoms with E-state index in [1.165, 1.54) is 23.9 Å². The predicted octanol–water partition coefficient (Wildman–Crippen LogP) is 4.40. The summed E-state index contributed by atoms with van der Waals surface area (Å²) in [5.41, 5.74) is 0. The van der Waals surface area contributed by atoms with Gasteiger partial charge in [0.1, 0.15) is 5.75 Å². The highest BCUT2D eigenvalue weighted by atomic mass is 35.5. The van der Waals surface area contributed by atoms with Crippen molar-refractivity contribution < 1.29 is 23.1 Å². The molecule has 0 bridgehead atoms. The fraction of sp³-hybridized carbons (Fsp3) is 0.188. The number of carboxylic acid groups (broad SMARTS) is 1. The Morgan fingerprint density at radius 2 is 1.88 bits per heavy atom. The van der Waals surface area contributed by atoms with Gasteiger partial charge in [-0.25, -0.2) is 13.2 Å². The van der Waals surface area contributed by atoms with Gasteiger partial charge in [0.15, 0.2) is 16.4 Å². The van der Waals surface area contributed by atoms with Gasteiger partial charge in [0.2, 0.25) is 0 Å². The Morgan fingerprint density at radius 1 is 1.16 bits per heavy atom. The van der Waals surface area contributed by atoms with Crippen LogP contribution in [0.1, 0.15) is 6.92 Å². The maximum absolute atomic E-state index is 11.9. The molecule has 2 rings (SSSR count). The third-order valence-corrected chi connectivity index (χ3v) is 6.63. The minimum Gasteiger partial charge on any atom is -0.481 e. The molecule has 134 valence electrons. The van der Waals surface area contributed by atoms with Gasteiger partial charge >= 0.3 is 5.97 Å². The maximum atomic E-state index is 11.9. The van der Waals surface area contributed by atoms with Crippen LogP contribution in [0.2, 0.25) is 10.0 Å². The summed E-state index contributed by atoms with van der Waals surface area (Å²) in [7, 11) is -3.35. The molecule has 0 spiro atoms. The zero-order valence-electron chi connectivity index (χ0n) is 13.0. The summed E-state index contributed by atoms with van der Waals surface area (Å²) in [4.78, 5) is 12.0. The van der Waals surface area contributed by atoms with Crippen molar-refractivity contribution in [2.45, 2.75) is 21.6 Å². The maximum Gasteiger partial charge on any atom is 0.341 e. The molecule has 1 N–H and O–H groups in total. The Labute approximate surface area is 159 Å². The molecule has 2 aromatic rings. The molecule has 9 heteroatoms. The Balaban J connectivity index is 2.33. The molecular weight excluding hydrogens is 407 g/mol. The van der Waals surface area contributed by atoms with Gasteiger partial charge in [0.25, 0.3) is 0 Å². The molecule has 2 aromatic carbocycles. The molecule has 0 saturated carbocycles. The van der Waals surface area contributed by atoms with Crippen molar-refractivity contribution in [2.75, 3.05) is 12.4 Å². The molecule has 0 atom stereocenters. The fourth-order valence-corrected chi connectivity index (χ4v) is 4.31. The molecular formula is C16H14Cl2O5S2. The van der Waals surface area contributed by atoms with E-state index < -0.39 is 22.4 Å². The van der Waals surface area contributed by atoms with E-state index >= 15 is 0 Å². The van der Waals surface area contributed by atoms with Crippen LogP contribution >= 0.6 is 35.0 Å². The minimum absolute atomic E-state index is 0.0166. The first kappa shape index (κ1) is 19.9. The van der Waals surface area contributed by atoms with Gasteiger partial charge in [-0.05, 0) is 36.4 Å². The topological polar surface area (TPSA) is 80.7 Å². The lowest BCUT2D eigenvalue weighted by atomic mass is 10.3. The van der Waals surface area contributed by atoms with E-state index in [0.717, 1.165) is 0 Å². The van der Waals surface area contributed by atoms with Crippen LogP contribution < -0.4 is 4.74 Å². The second-order valence-corrected chi connectivity index (χ2v) is 9.08. The van der Waals surface area contributed by atoms with Crippen LogP contribution in [0.3, 0.4) is 0 Å². The van der Waals surface area contributed by atoms with Crippen LogP contribution in [-0.4, -0.2) is 31.9 Å². The van der Waals surface area contributed by atoms with E-state index in [1.807, 2.05) is 0 Å². The lowest BCUT2D eigenvalue weighted by Crippen LogP contribution is -2.09. The number of carboxylic acids is 1. The molecule has 0 saturated heterocycles. The number of carbonyl (C=O) groups is 1. The number of hydrogen-bond acceptors (Lipinski definition) is 5. The van der Waals surface area contributed by atoms with Crippen LogP contribution in [0.4, 0.5) is 0 Å². The number of sulfone groups is 1. The second kappa shape index (κ2) is 8.31. The predicted molar refractivity (Wildman–Crippen MR) is 97.9 cm³/mol. The molecule has 5 nitrogen and oxygen atoms in total. The van der Waals surface area contributed by atoms with Crippen molar-refractivity contribution in [1.82, 2.24) is 0 Å². The SMILES string of the molecule is CCS(=O)(=O)c1ccc(Sc2cc(Cl)ccc2OCC(=O)O)c(Cl)c1. The lowest BCUT2D eigenvalue weighted by Gasteiger charge is -2.12. The average Bonchev–Trinajstić information content (AvgIpc) is 2.55. The summed E-state index contributed by atoms with van der Waals surface area (Å²) in [6.45, 7) is 1.07. The van der Waals surface area contributed by atoms with E-state index in [4.69, 9.17) is 33.0 Å². The van der Waals surface area contributed by atoms with Crippen molar-refractivity contribution >= 4 is 50.8 Å². The smallest absolute Gasteiger partial charge is 0.341 e. The van der Waals surface area contributed by atoms with Gasteiger partial charge in [-0.3, -0.25) is 0 Å². The highest BCUT2D eigenvalue weighted by Crippen LogP contribution is 2.40. The van der Waals surface area contributed by atoms with Gasteiger partial charge in [0, 0.05) is 9.92 Å². The Hall–Kier alpha value is -1.41. The zero-order valence-corrected chi connectivity index (χ0v) is 16.2. The number of hydrogen-bond donors (Lipinski definition) is 1. The average molecular weight is 421 g/mol. The molecule has 0 amide bonds. The van der Waals surface area contributed by atoms with E-state index in [0.29, 0.717) is 20.6 Å².